The van der Waals surface area contributed by atoms with E-state index < -0.39 is 0 Å². The summed E-state index contributed by atoms with van der Waals surface area (Å²) in [5, 5.41) is 1.13. The monoisotopic (exact) mass is 323 g/mol. The summed E-state index contributed by atoms with van der Waals surface area (Å²) in [6.45, 7) is 0. The van der Waals surface area contributed by atoms with Crippen molar-refractivity contribution in [2.24, 2.45) is 0 Å². The molecule has 0 aliphatic carbocycles. The molecule has 1 aromatic heterocycles. The van der Waals surface area contributed by atoms with Crippen LogP contribution in [0.2, 0.25) is 0 Å². The van der Waals surface area contributed by atoms with Gasteiger partial charge in [0.15, 0.2) is 0 Å². The first-order chi connectivity index (χ1) is 6.24. The van der Waals surface area contributed by atoms with Gasteiger partial charge in [-0.05, 0) is 28.2 Å². The second kappa shape index (κ2) is 3.63. The zero-order chi connectivity index (χ0) is 9.42. The Morgan fingerprint density at radius 3 is 2.92 bits per heavy atom. The summed E-state index contributed by atoms with van der Waals surface area (Å²) in [5.41, 5.74) is 7.97. The largest absolute Gasteiger partial charge is 0.397 e. The number of fused-ring (bicyclic) bond motifs is 1. The van der Waals surface area contributed by atoms with Crippen LogP contribution in [0.4, 0.5) is 5.69 Å². The first kappa shape index (κ1) is 9.55. The maximum Gasteiger partial charge on any atom is 0.0895 e. The van der Waals surface area contributed by atoms with Gasteiger partial charge >= 0.3 is 0 Å². The zero-order valence-electron chi connectivity index (χ0n) is 6.68. The number of hydrogen-bond acceptors (Lipinski definition) is 2. The minimum atomic E-state index is 0.549. The summed E-state index contributed by atoms with van der Waals surface area (Å²) < 4.78 is 2.37. The van der Waals surface area contributed by atoms with Crippen molar-refractivity contribution in [2.45, 2.75) is 5.88 Å². The molecule has 0 bridgehead atoms. The van der Waals surface area contributed by atoms with E-state index in [-0.39, 0.29) is 0 Å². The topological polar surface area (TPSA) is 26.0 Å². The van der Waals surface area contributed by atoms with Crippen molar-refractivity contribution in [3.05, 3.63) is 26.6 Å². The third-order valence-corrected chi connectivity index (χ3v) is 4.55. The van der Waals surface area contributed by atoms with Crippen LogP contribution in [0.3, 0.4) is 0 Å². The van der Waals surface area contributed by atoms with E-state index in [1.165, 1.54) is 10.3 Å². The molecule has 0 aliphatic rings. The molecule has 0 spiro atoms. The molecule has 0 atom stereocenters. The molecule has 1 heterocycles. The highest BCUT2D eigenvalue weighted by Gasteiger charge is 2.08. The van der Waals surface area contributed by atoms with Crippen molar-refractivity contribution in [1.29, 1.82) is 0 Å². The molecule has 2 rings (SSSR count). The highest BCUT2D eigenvalue weighted by Crippen LogP contribution is 2.36. The number of benzene rings is 1. The van der Waals surface area contributed by atoms with Crippen LogP contribution >= 0.6 is 45.5 Å². The normalized spacial score (nSPS) is 10.9. The molecule has 0 saturated carbocycles. The van der Waals surface area contributed by atoms with Crippen molar-refractivity contribution in [2.75, 3.05) is 5.73 Å². The second-order valence-corrected chi connectivity index (χ2v) is 5.82. The molecule has 2 aromatic rings. The number of anilines is 1. The van der Waals surface area contributed by atoms with Crippen LogP contribution in [-0.4, -0.2) is 0 Å². The molecule has 1 nitrogen and oxygen atoms in total. The smallest absolute Gasteiger partial charge is 0.0895 e. The second-order valence-electron chi connectivity index (χ2n) is 2.72. The summed E-state index contributed by atoms with van der Waals surface area (Å²) in [5.74, 6) is 0.549. The van der Waals surface area contributed by atoms with E-state index in [4.69, 9.17) is 17.3 Å². The molecule has 0 amide bonds. The standard InChI is InChI=1S/C9H7ClINS/c10-4-5-2-1-3-6-7(12)9(11)13-8(5)6/h1-3H,4,12H2. The molecular formula is C9H7ClINS. The summed E-state index contributed by atoms with van der Waals surface area (Å²) in [6.07, 6.45) is 0. The van der Waals surface area contributed by atoms with Crippen molar-refractivity contribution in [3.63, 3.8) is 0 Å². The van der Waals surface area contributed by atoms with Crippen LogP contribution in [0.25, 0.3) is 10.1 Å². The van der Waals surface area contributed by atoms with E-state index in [2.05, 4.69) is 22.6 Å². The summed E-state index contributed by atoms with van der Waals surface area (Å²) in [7, 11) is 0. The third-order valence-electron chi connectivity index (χ3n) is 1.93. The Morgan fingerprint density at radius 1 is 1.46 bits per heavy atom. The number of thiophene rings is 1. The van der Waals surface area contributed by atoms with Crippen molar-refractivity contribution in [1.82, 2.24) is 0 Å². The Balaban J connectivity index is 2.84. The quantitative estimate of drug-likeness (QED) is 0.626. The Morgan fingerprint density at radius 2 is 2.23 bits per heavy atom. The van der Waals surface area contributed by atoms with Crippen LogP contribution in [0.15, 0.2) is 18.2 Å². The van der Waals surface area contributed by atoms with Crippen LogP contribution in [-0.2, 0) is 5.88 Å². The highest BCUT2D eigenvalue weighted by atomic mass is 127. The number of nitrogen functional groups attached to an aromatic ring is 1. The molecule has 68 valence electrons. The fourth-order valence-corrected chi connectivity index (χ4v) is 3.48. The number of alkyl halides is 1. The van der Waals surface area contributed by atoms with Crippen LogP contribution in [0.1, 0.15) is 5.56 Å². The van der Waals surface area contributed by atoms with Crippen LogP contribution in [0, 0.1) is 2.88 Å². The van der Waals surface area contributed by atoms with Gasteiger partial charge in [0.05, 0.1) is 8.57 Å². The average molecular weight is 324 g/mol. The predicted molar refractivity (Wildman–Crippen MR) is 68.5 cm³/mol. The maximum atomic E-state index is 5.92. The van der Waals surface area contributed by atoms with E-state index in [1.54, 1.807) is 11.3 Å². The van der Waals surface area contributed by atoms with Gasteiger partial charge in [0.1, 0.15) is 0 Å². The average Bonchev–Trinajstić information content (AvgIpc) is 2.43. The van der Waals surface area contributed by atoms with E-state index in [0.29, 0.717) is 5.88 Å². The number of hydrogen-bond donors (Lipinski definition) is 1. The van der Waals surface area contributed by atoms with E-state index in [1.807, 2.05) is 18.2 Å². The van der Waals surface area contributed by atoms with Gasteiger partial charge in [0, 0.05) is 16.0 Å². The lowest BCUT2D eigenvalue weighted by Crippen LogP contribution is -1.84. The van der Waals surface area contributed by atoms with Gasteiger partial charge in [-0.25, -0.2) is 0 Å². The number of rotatable bonds is 1. The molecule has 2 N–H and O–H groups in total. The van der Waals surface area contributed by atoms with E-state index >= 15 is 0 Å². The van der Waals surface area contributed by atoms with Gasteiger partial charge < -0.3 is 5.73 Å². The van der Waals surface area contributed by atoms with Crippen molar-refractivity contribution < 1.29 is 0 Å². The van der Waals surface area contributed by atoms with Gasteiger partial charge in [0.25, 0.3) is 0 Å². The maximum absolute atomic E-state index is 5.92. The van der Waals surface area contributed by atoms with E-state index in [9.17, 15) is 0 Å². The Kier molecular flexibility index (Phi) is 2.67. The molecule has 1 aromatic carbocycles. The lowest BCUT2D eigenvalue weighted by atomic mass is 10.2. The Bertz CT molecular complexity index is 452. The Labute approximate surface area is 99.0 Å². The molecule has 0 fully saturated rings. The van der Waals surface area contributed by atoms with Crippen molar-refractivity contribution in [3.8, 4) is 0 Å². The lowest BCUT2D eigenvalue weighted by molar-refractivity contribution is 1.47. The minimum Gasteiger partial charge on any atom is -0.397 e. The molecule has 13 heavy (non-hydrogen) atoms. The Hall–Kier alpha value is 0. The van der Waals surface area contributed by atoms with E-state index in [0.717, 1.165) is 14.0 Å². The molecule has 0 saturated heterocycles. The molecular weight excluding hydrogens is 317 g/mol. The first-order valence-corrected chi connectivity index (χ1v) is 6.18. The fourth-order valence-electron chi connectivity index (χ4n) is 1.27. The minimum absolute atomic E-state index is 0.549. The summed E-state index contributed by atoms with van der Waals surface area (Å²) in [6, 6.07) is 6.08. The van der Waals surface area contributed by atoms with Crippen LogP contribution < -0.4 is 5.73 Å². The summed E-state index contributed by atoms with van der Waals surface area (Å²) in [4.78, 5) is 0. The fraction of sp³-hybridized carbons (Fsp3) is 0.111. The SMILES string of the molecule is Nc1c(I)sc2c(CCl)cccc12. The van der Waals surface area contributed by atoms with Gasteiger partial charge in [-0.3, -0.25) is 0 Å². The molecule has 0 radical (unpaired) electrons. The molecule has 0 aliphatic heterocycles. The number of halogens is 2. The number of nitrogens with two attached hydrogens (primary N) is 1. The van der Waals surface area contributed by atoms with Gasteiger partial charge in [-0.15, -0.1) is 22.9 Å². The zero-order valence-corrected chi connectivity index (χ0v) is 10.4. The third kappa shape index (κ3) is 1.53. The molecule has 0 unspecified atom stereocenters. The lowest BCUT2D eigenvalue weighted by Gasteiger charge is -1.96. The van der Waals surface area contributed by atoms with Gasteiger partial charge in [-0.1, -0.05) is 18.2 Å². The first-order valence-electron chi connectivity index (χ1n) is 3.75. The molecule has 4 heteroatoms. The van der Waals surface area contributed by atoms with Gasteiger partial charge in [0.2, 0.25) is 0 Å². The summed E-state index contributed by atoms with van der Waals surface area (Å²) >= 11 is 9.80. The highest BCUT2D eigenvalue weighted by molar-refractivity contribution is 14.1. The predicted octanol–water partition coefficient (Wildman–Crippen LogP) is 3.83. The van der Waals surface area contributed by atoms with Gasteiger partial charge in [-0.2, -0.15) is 0 Å². The van der Waals surface area contributed by atoms with Crippen LogP contribution in [0.5, 0.6) is 0 Å². The van der Waals surface area contributed by atoms with Crippen molar-refractivity contribution >= 4 is 61.3 Å².